The Hall–Kier alpha value is -1.53. The van der Waals surface area contributed by atoms with Crippen LogP contribution in [0.25, 0.3) is 0 Å². The summed E-state index contributed by atoms with van der Waals surface area (Å²) in [6.07, 6.45) is -3.04. The van der Waals surface area contributed by atoms with Crippen molar-refractivity contribution < 1.29 is 22.4 Å². The van der Waals surface area contributed by atoms with Crippen LogP contribution in [0.5, 0.6) is 0 Å². The van der Waals surface area contributed by atoms with Crippen LogP contribution >= 0.6 is 0 Å². The van der Waals surface area contributed by atoms with E-state index in [1.807, 2.05) is 0 Å². The maximum absolute atomic E-state index is 12.5. The number of aryl methyl sites for hydroxylation is 1. The van der Waals surface area contributed by atoms with E-state index >= 15 is 0 Å². The molecule has 1 aliphatic rings. The maximum atomic E-state index is 12.5. The molecule has 0 radical (unpaired) electrons. The lowest BCUT2D eigenvalue weighted by atomic mass is 9.96. The van der Waals surface area contributed by atoms with Crippen molar-refractivity contribution in [3.63, 3.8) is 0 Å². The van der Waals surface area contributed by atoms with Gasteiger partial charge in [0.25, 0.3) is 5.91 Å². The first kappa shape index (κ1) is 12.9. The van der Waals surface area contributed by atoms with Crippen molar-refractivity contribution in [1.82, 2.24) is 9.88 Å². The SMILES string of the molecule is Cc1nc(C(=O)N2CCC(C(F)(F)F)CC2)co1. The van der Waals surface area contributed by atoms with Crippen LogP contribution in [0.1, 0.15) is 29.2 Å². The van der Waals surface area contributed by atoms with E-state index in [4.69, 9.17) is 4.42 Å². The molecule has 4 nitrogen and oxygen atoms in total. The van der Waals surface area contributed by atoms with Gasteiger partial charge in [-0.15, -0.1) is 0 Å². The summed E-state index contributed by atoms with van der Waals surface area (Å²) in [5, 5.41) is 0. The Morgan fingerprint density at radius 3 is 2.50 bits per heavy atom. The topological polar surface area (TPSA) is 46.3 Å². The number of carbonyl (C=O) groups excluding carboxylic acids is 1. The number of piperidine rings is 1. The second-order valence-corrected chi connectivity index (χ2v) is 4.36. The second-order valence-electron chi connectivity index (χ2n) is 4.36. The standard InChI is InChI=1S/C11H13F3N2O2/c1-7-15-9(6-18-7)10(17)16-4-2-8(3-5-16)11(12,13)14/h6,8H,2-5H2,1H3. The molecule has 0 atom stereocenters. The van der Waals surface area contributed by atoms with E-state index in [1.54, 1.807) is 6.92 Å². The first-order valence-electron chi connectivity index (χ1n) is 5.66. The molecule has 0 unspecified atom stereocenters. The quantitative estimate of drug-likeness (QED) is 0.780. The third-order valence-corrected chi connectivity index (χ3v) is 3.08. The van der Waals surface area contributed by atoms with Gasteiger partial charge in [-0.3, -0.25) is 4.79 Å². The molecule has 0 aromatic carbocycles. The number of oxazole rings is 1. The number of alkyl halides is 3. The fourth-order valence-electron chi connectivity index (χ4n) is 2.03. The van der Waals surface area contributed by atoms with Crippen molar-refractivity contribution >= 4 is 5.91 Å². The van der Waals surface area contributed by atoms with E-state index < -0.39 is 12.1 Å². The highest BCUT2D eigenvalue weighted by Gasteiger charge is 2.41. The molecular formula is C11H13F3N2O2. The number of hydrogen-bond donors (Lipinski definition) is 0. The molecule has 0 spiro atoms. The zero-order valence-electron chi connectivity index (χ0n) is 9.83. The number of halogens is 3. The van der Waals surface area contributed by atoms with Crippen LogP contribution in [0.3, 0.4) is 0 Å². The van der Waals surface area contributed by atoms with Gasteiger partial charge in [-0.05, 0) is 12.8 Å². The first-order valence-corrected chi connectivity index (χ1v) is 5.66. The number of carbonyl (C=O) groups is 1. The van der Waals surface area contributed by atoms with Crippen LogP contribution < -0.4 is 0 Å². The van der Waals surface area contributed by atoms with E-state index in [1.165, 1.54) is 11.2 Å². The first-order chi connectivity index (χ1) is 8.38. The van der Waals surface area contributed by atoms with Gasteiger partial charge in [-0.1, -0.05) is 0 Å². The molecule has 1 amide bonds. The molecular weight excluding hydrogens is 249 g/mol. The highest BCUT2D eigenvalue weighted by Crippen LogP contribution is 2.34. The maximum Gasteiger partial charge on any atom is 0.391 e. The molecule has 1 aromatic heterocycles. The van der Waals surface area contributed by atoms with Gasteiger partial charge in [0, 0.05) is 20.0 Å². The number of hydrogen-bond acceptors (Lipinski definition) is 3. The van der Waals surface area contributed by atoms with Crippen molar-refractivity contribution in [2.75, 3.05) is 13.1 Å². The Morgan fingerprint density at radius 2 is 2.06 bits per heavy atom. The smallest absolute Gasteiger partial charge is 0.391 e. The van der Waals surface area contributed by atoms with Crippen molar-refractivity contribution in [1.29, 1.82) is 0 Å². The molecule has 1 saturated heterocycles. The minimum atomic E-state index is -4.17. The number of rotatable bonds is 1. The van der Waals surface area contributed by atoms with E-state index in [-0.39, 0.29) is 37.5 Å². The molecule has 100 valence electrons. The number of nitrogens with zero attached hydrogens (tertiary/aromatic N) is 2. The van der Waals surface area contributed by atoms with Crippen molar-refractivity contribution in [3.8, 4) is 0 Å². The third kappa shape index (κ3) is 2.65. The summed E-state index contributed by atoms with van der Waals surface area (Å²) >= 11 is 0. The molecule has 18 heavy (non-hydrogen) atoms. The Labute approximate surface area is 102 Å². The Bertz CT molecular complexity index is 434. The minimum Gasteiger partial charge on any atom is -0.448 e. The van der Waals surface area contributed by atoms with Gasteiger partial charge in [0.15, 0.2) is 11.6 Å². The lowest BCUT2D eigenvalue weighted by Crippen LogP contribution is -2.42. The predicted octanol–water partition coefficient (Wildman–Crippen LogP) is 2.40. The van der Waals surface area contributed by atoms with Gasteiger partial charge in [0.1, 0.15) is 6.26 Å². The van der Waals surface area contributed by atoms with Gasteiger partial charge in [-0.25, -0.2) is 4.98 Å². The van der Waals surface area contributed by atoms with E-state index in [2.05, 4.69) is 4.98 Å². The molecule has 0 saturated carbocycles. The average molecular weight is 262 g/mol. The molecule has 1 aromatic rings. The molecule has 1 aliphatic heterocycles. The van der Waals surface area contributed by atoms with E-state index in [0.29, 0.717) is 5.89 Å². The number of amides is 1. The molecule has 0 bridgehead atoms. The van der Waals surface area contributed by atoms with Crippen molar-refractivity contribution in [3.05, 3.63) is 17.8 Å². The highest BCUT2D eigenvalue weighted by atomic mass is 19.4. The van der Waals surface area contributed by atoms with E-state index in [9.17, 15) is 18.0 Å². The normalized spacial score (nSPS) is 18.1. The van der Waals surface area contributed by atoms with Crippen LogP contribution in [0.15, 0.2) is 10.7 Å². The van der Waals surface area contributed by atoms with Gasteiger partial charge < -0.3 is 9.32 Å². The summed E-state index contributed by atoms with van der Waals surface area (Å²) in [5.41, 5.74) is 0.151. The zero-order chi connectivity index (χ0) is 13.3. The van der Waals surface area contributed by atoms with Crippen LogP contribution in [0.2, 0.25) is 0 Å². The lowest BCUT2D eigenvalue weighted by molar-refractivity contribution is -0.183. The third-order valence-electron chi connectivity index (χ3n) is 3.08. The van der Waals surface area contributed by atoms with Gasteiger partial charge in [-0.2, -0.15) is 13.2 Å². The summed E-state index contributed by atoms with van der Waals surface area (Å²) < 4.78 is 42.3. The van der Waals surface area contributed by atoms with Crippen LogP contribution in [-0.2, 0) is 0 Å². The monoisotopic (exact) mass is 262 g/mol. The van der Waals surface area contributed by atoms with Gasteiger partial charge >= 0.3 is 6.18 Å². The largest absolute Gasteiger partial charge is 0.448 e. The molecule has 7 heteroatoms. The fraction of sp³-hybridized carbons (Fsp3) is 0.636. The zero-order valence-corrected chi connectivity index (χ0v) is 9.83. The summed E-state index contributed by atoms with van der Waals surface area (Å²) in [6, 6.07) is 0. The molecule has 0 N–H and O–H groups in total. The summed E-state index contributed by atoms with van der Waals surface area (Å²) in [5.74, 6) is -1.31. The van der Waals surface area contributed by atoms with Crippen LogP contribution in [-0.4, -0.2) is 35.1 Å². The number of aromatic nitrogens is 1. The molecule has 2 heterocycles. The van der Waals surface area contributed by atoms with Crippen molar-refractivity contribution in [2.45, 2.75) is 25.9 Å². The molecule has 0 aliphatic carbocycles. The summed E-state index contributed by atoms with van der Waals surface area (Å²) in [4.78, 5) is 17.2. The van der Waals surface area contributed by atoms with E-state index in [0.717, 1.165) is 0 Å². The lowest BCUT2D eigenvalue weighted by Gasteiger charge is -2.32. The number of likely N-dealkylation sites (tertiary alicyclic amines) is 1. The Kier molecular flexibility index (Phi) is 3.32. The molecule has 2 rings (SSSR count). The van der Waals surface area contributed by atoms with Crippen LogP contribution in [0, 0.1) is 12.8 Å². The summed E-state index contributed by atoms with van der Waals surface area (Å²) in [6.45, 7) is 1.82. The predicted molar refractivity (Wildman–Crippen MR) is 55.9 cm³/mol. The van der Waals surface area contributed by atoms with Crippen molar-refractivity contribution in [2.24, 2.45) is 5.92 Å². The Balaban J connectivity index is 1.96. The second kappa shape index (κ2) is 4.62. The Morgan fingerprint density at radius 1 is 1.44 bits per heavy atom. The van der Waals surface area contributed by atoms with Gasteiger partial charge in [0.2, 0.25) is 0 Å². The minimum absolute atomic E-state index is 0.0495. The molecule has 1 fully saturated rings. The fourth-order valence-corrected chi connectivity index (χ4v) is 2.03. The average Bonchev–Trinajstić information content (AvgIpc) is 2.74. The van der Waals surface area contributed by atoms with Gasteiger partial charge in [0.05, 0.1) is 5.92 Å². The van der Waals surface area contributed by atoms with Crippen LogP contribution in [0.4, 0.5) is 13.2 Å². The summed E-state index contributed by atoms with van der Waals surface area (Å²) in [7, 11) is 0. The highest BCUT2D eigenvalue weighted by molar-refractivity contribution is 5.92.